The van der Waals surface area contributed by atoms with Crippen LogP contribution < -0.4 is 0 Å². The van der Waals surface area contributed by atoms with Gasteiger partial charge in [0.25, 0.3) is 0 Å². The van der Waals surface area contributed by atoms with Crippen LogP contribution in [0, 0.1) is 6.92 Å². The van der Waals surface area contributed by atoms with Crippen molar-refractivity contribution in [3.05, 3.63) is 167 Å². The van der Waals surface area contributed by atoms with E-state index in [-0.39, 0.29) is 5.41 Å². The number of rotatable bonds is 3. The molecule has 0 saturated heterocycles. The summed E-state index contributed by atoms with van der Waals surface area (Å²) in [4.78, 5) is 0. The van der Waals surface area contributed by atoms with Gasteiger partial charge in [-0.25, -0.2) is 0 Å². The third-order valence-electron chi connectivity index (χ3n) is 11.3. The minimum atomic E-state index is -0.539. The first-order valence-electron chi connectivity index (χ1n) is 17.6. The molecule has 0 radical (unpaired) electrons. The van der Waals surface area contributed by atoms with Gasteiger partial charge in [-0.2, -0.15) is 0 Å². The summed E-state index contributed by atoms with van der Waals surface area (Å²) in [6.07, 6.45) is 7.04. The molecule has 0 aliphatic heterocycles. The van der Waals surface area contributed by atoms with Gasteiger partial charge in [-0.1, -0.05) is 154 Å². The summed E-state index contributed by atoms with van der Waals surface area (Å²) in [6.45, 7) is 6.99. The highest BCUT2D eigenvalue weighted by Gasteiger charge is 2.35. The minimum absolute atomic E-state index is 0.0468. The smallest absolute Gasteiger partial charge is 0.0159 e. The van der Waals surface area contributed by atoms with Crippen LogP contribution in [0.15, 0.2) is 140 Å². The maximum Gasteiger partial charge on any atom is 0.0159 e. The van der Waals surface area contributed by atoms with Gasteiger partial charge in [0.1, 0.15) is 0 Å². The predicted octanol–water partition coefficient (Wildman–Crippen LogP) is 14.0. The van der Waals surface area contributed by atoms with E-state index in [1.54, 1.807) is 10.9 Å². The molecular weight excluding hydrogens is 608 g/mol. The van der Waals surface area contributed by atoms with Gasteiger partial charge in [0.2, 0.25) is 0 Å². The lowest BCUT2D eigenvalue weighted by Crippen LogP contribution is -2.14. The molecule has 0 N–H and O–H groups in total. The first-order valence-corrected chi connectivity index (χ1v) is 18.9. The van der Waals surface area contributed by atoms with Crippen molar-refractivity contribution < 1.29 is 0 Å². The lowest BCUT2D eigenvalue weighted by molar-refractivity contribution is 0.660. The molecule has 0 amide bonds. The zero-order valence-corrected chi connectivity index (χ0v) is 29.1. The lowest BCUT2D eigenvalue weighted by atomic mass is 9.80. The monoisotopic (exact) mass is 644 g/mol. The van der Waals surface area contributed by atoms with Gasteiger partial charge in [-0.05, 0) is 120 Å². The maximum atomic E-state index is 2.53. The Kier molecular flexibility index (Phi) is 6.27. The number of fused-ring (bicyclic) bond motifs is 8. The average molecular weight is 645 g/mol. The van der Waals surface area contributed by atoms with Crippen molar-refractivity contribution in [2.24, 2.45) is 0 Å². The summed E-state index contributed by atoms with van der Waals surface area (Å²) in [5.41, 5.74) is 13.7. The molecule has 1 heteroatoms. The predicted molar refractivity (Wildman–Crippen MR) is 214 cm³/mol. The van der Waals surface area contributed by atoms with E-state index in [2.05, 4.69) is 166 Å². The zero-order chi connectivity index (χ0) is 32.9. The first kappa shape index (κ1) is 28.8. The summed E-state index contributed by atoms with van der Waals surface area (Å²) in [6, 6.07) is 50.9. The highest BCUT2D eigenvalue weighted by atomic mass is 31.1. The number of benzene rings is 7. The molecule has 7 aromatic carbocycles. The van der Waals surface area contributed by atoms with Gasteiger partial charge >= 0.3 is 0 Å². The van der Waals surface area contributed by atoms with Crippen molar-refractivity contribution in [3.8, 4) is 38.7 Å². The third-order valence-corrected chi connectivity index (χ3v) is 13.9. The Morgan fingerprint density at radius 2 is 1.22 bits per heavy atom. The fourth-order valence-electron chi connectivity index (χ4n) is 9.02. The summed E-state index contributed by atoms with van der Waals surface area (Å²) in [5, 5.41) is 11.2. The van der Waals surface area contributed by atoms with Crippen LogP contribution in [0.25, 0.3) is 76.8 Å². The molecule has 0 bridgehead atoms. The Morgan fingerprint density at radius 1 is 0.551 bits per heavy atom. The van der Waals surface area contributed by atoms with Gasteiger partial charge in [0, 0.05) is 15.8 Å². The largest absolute Gasteiger partial charge is 0.0833 e. The summed E-state index contributed by atoms with van der Waals surface area (Å²) >= 11 is 0. The molecule has 2 aliphatic carbocycles. The lowest BCUT2D eigenvalue weighted by Gasteiger charge is -2.23. The van der Waals surface area contributed by atoms with E-state index < -0.39 is 7.53 Å². The van der Waals surface area contributed by atoms with Crippen LogP contribution in [-0.2, 0) is 11.8 Å². The minimum Gasteiger partial charge on any atom is -0.0833 e. The third kappa shape index (κ3) is 4.17. The zero-order valence-electron chi connectivity index (χ0n) is 28.2. The van der Waals surface area contributed by atoms with Crippen molar-refractivity contribution >= 4 is 45.7 Å². The fraction of sp³-hybridized carbons (Fsp3) is 0.125. The van der Waals surface area contributed by atoms with Crippen molar-refractivity contribution in [3.63, 3.8) is 0 Å². The van der Waals surface area contributed by atoms with Gasteiger partial charge in [0.15, 0.2) is 0 Å². The second kappa shape index (κ2) is 10.7. The number of allylic oxidation sites excluding steroid dienone is 1. The van der Waals surface area contributed by atoms with Crippen molar-refractivity contribution in [2.45, 2.75) is 39.0 Å². The summed E-state index contributed by atoms with van der Waals surface area (Å²) < 4.78 is 0. The standard InChI is InChI=1S/C48H37P/c1-30-21-24-39-41(27-30)47(32-22-25-35-34-15-9-11-19-42(34)48(2,3)43(35)29-32)38-18-8-7-17-37(38)46(39)31-23-26-45-40(28-31)36-16-10-12-20-44(36)49(45)33-13-5-4-6-14-33/h4-9,11-15,17-29H,10,16H2,1-3H3. The molecule has 8 aromatic rings. The summed E-state index contributed by atoms with van der Waals surface area (Å²) in [7, 11) is -0.539. The van der Waals surface area contributed by atoms with Crippen LogP contribution in [0.1, 0.15) is 47.8 Å². The van der Waals surface area contributed by atoms with Gasteiger partial charge in [0.05, 0.1) is 0 Å². The van der Waals surface area contributed by atoms with E-state index >= 15 is 0 Å². The fourth-order valence-corrected chi connectivity index (χ4v) is 11.7. The van der Waals surface area contributed by atoms with Crippen LogP contribution in [0.4, 0.5) is 0 Å². The Balaban J connectivity index is 1.24. The van der Waals surface area contributed by atoms with Crippen molar-refractivity contribution in [1.29, 1.82) is 0 Å². The molecule has 0 fully saturated rings. The normalized spacial score (nSPS) is 14.7. The number of hydrogen-bond acceptors (Lipinski definition) is 0. The molecule has 0 saturated carbocycles. The van der Waals surface area contributed by atoms with E-state index in [1.807, 2.05) is 0 Å². The van der Waals surface area contributed by atoms with Crippen molar-refractivity contribution in [2.75, 3.05) is 0 Å². The maximum absolute atomic E-state index is 2.53. The highest BCUT2D eigenvalue weighted by molar-refractivity contribution is 7.64. The molecule has 0 nitrogen and oxygen atoms in total. The highest BCUT2D eigenvalue weighted by Crippen LogP contribution is 2.57. The van der Waals surface area contributed by atoms with Gasteiger partial charge in [-0.15, -0.1) is 0 Å². The molecule has 0 spiro atoms. The molecule has 1 heterocycles. The Hall–Kier alpha value is -5.16. The van der Waals surface area contributed by atoms with E-state index in [1.165, 1.54) is 87.4 Å². The number of hydrogen-bond donors (Lipinski definition) is 0. The Morgan fingerprint density at radius 3 is 2.06 bits per heavy atom. The van der Waals surface area contributed by atoms with E-state index in [0.29, 0.717) is 0 Å². The molecule has 1 unspecified atom stereocenters. The second-order valence-corrected chi connectivity index (χ2v) is 16.6. The molecule has 49 heavy (non-hydrogen) atoms. The van der Waals surface area contributed by atoms with E-state index in [9.17, 15) is 0 Å². The molecule has 234 valence electrons. The average Bonchev–Trinajstić information content (AvgIpc) is 3.59. The second-order valence-electron chi connectivity index (χ2n) is 14.5. The van der Waals surface area contributed by atoms with E-state index in [4.69, 9.17) is 0 Å². The number of aryl methyl sites for hydroxylation is 2. The quantitative estimate of drug-likeness (QED) is 0.168. The van der Waals surface area contributed by atoms with Crippen molar-refractivity contribution in [1.82, 2.24) is 0 Å². The first-order chi connectivity index (χ1) is 24.0. The Labute approximate surface area is 289 Å². The van der Waals surface area contributed by atoms with Gasteiger partial charge < -0.3 is 0 Å². The molecule has 1 aromatic heterocycles. The van der Waals surface area contributed by atoms with E-state index in [0.717, 1.165) is 12.8 Å². The summed E-state index contributed by atoms with van der Waals surface area (Å²) in [5.74, 6) is 0. The van der Waals surface area contributed by atoms with Crippen LogP contribution in [-0.4, -0.2) is 0 Å². The van der Waals surface area contributed by atoms with Gasteiger partial charge in [-0.3, -0.25) is 0 Å². The van der Waals surface area contributed by atoms with Crippen LogP contribution in [0.3, 0.4) is 0 Å². The molecular formula is C48H37P. The SMILES string of the molecule is Cc1ccc2c(-c3ccc4c(c3)c3c(p4-c4ccccc4)C=CCC3)c3ccccc3c(-c3ccc4c(c3)C(C)(C)c3ccccc3-4)c2c1. The molecule has 1 atom stereocenters. The molecule has 10 rings (SSSR count). The Bertz CT molecular complexity index is 2680. The van der Waals surface area contributed by atoms with Crippen LogP contribution in [0.2, 0.25) is 0 Å². The topological polar surface area (TPSA) is 0 Å². The van der Waals surface area contributed by atoms with Crippen LogP contribution >= 0.6 is 7.53 Å². The molecule has 2 aliphatic rings. The van der Waals surface area contributed by atoms with Crippen LogP contribution in [0.5, 0.6) is 0 Å².